The molecule has 0 spiro atoms. The highest BCUT2D eigenvalue weighted by Gasteiger charge is 2.23. The molecule has 0 fully saturated rings. The molecule has 2 aromatic heterocycles. The first-order chi connectivity index (χ1) is 19.8. The van der Waals surface area contributed by atoms with E-state index in [2.05, 4.69) is 84.5 Å². The first-order valence-electron chi connectivity index (χ1n) is 15.9. The molecule has 0 radical (unpaired) electrons. The van der Waals surface area contributed by atoms with Gasteiger partial charge in [0.15, 0.2) is 5.82 Å². The van der Waals surface area contributed by atoms with E-state index >= 15 is 0 Å². The number of imidazole rings is 1. The number of rotatable bonds is 15. The van der Waals surface area contributed by atoms with Crippen molar-refractivity contribution in [2.75, 3.05) is 0 Å². The van der Waals surface area contributed by atoms with Crippen molar-refractivity contribution in [1.82, 2.24) is 9.55 Å². The summed E-state index contributed by atoms with van der Waals surface area (Å²) in [6.07, 6.45) is 16.2. The molecule has 0 amide bonds. The van der Waals surface area contributed by atoms with E-state index in [9.17, 15) is 0 Å². The molecule has 0 aliphatic carbocycles. The summed E-state index contributed by atoms with van der Waals surface area (Å²) in [5, 5.41) is 10.3. The van der Waals surface area contributed by atoms with E-state index < -0.39 is 0 Å². The van der Waals surface area contributed by atoms with Gasteiger partial charge in [-0.25, -0.2) is 4.98 Å². The second kappa shape index (κ2) is 12.7. The minimum atomic E-state index is 0.687. The molecule has 0 saturated heterocycles. The Morgan fingerprint density at radius 3 is 1.98 bits per heavy atom. The normalized spacial score (nSPS) is 12.9. The highest BCUT2D eigenvalue weighted by molar-refractivity contribution is 7.13. The van der Waals surface area contributed by atoms with Crippen LogP contribution >= 0.6 is 11.3 Å². The number of hydrogen-bond donors (Lipinski definition) is 0. The van der Waals surface area contributed by atoms with Gasteiger partial charge >= 0.3 is 0 Å². The smallest absolute Gasteiger partial charge is 0.151 e. The van der Waals surface area contributed by atoms with Gasteiger partial charge in [0.1, 0.15) is 0 Å². The molecule has 2 nitrogen and oxygen atoms in total. The van der Waals surface area contributed by atoms with Crippen molar-refractivity contribution in [2.24, 2.45) is 5.92 Å². The molecule has 0 N–H and O–H groups in total. The van der Waals surface area contributed by atoms with Gasteiger partial charge in [0.25, 0.3) is 0 Å². The van der Waals surface area contributed by atoms with E-state index in [0.717, 1.165) is 12.4 Å². The van der Waals surface area contributed by atoms with Gasteiger partial charge in [-0.2, -0.15) is 0 Å². The largest absolute Gasteiger partial charge is 0.322 e. The fourth-order valence-corrected chi connectivity index (χ4v) is 7.62. The number of unbranched alkanes of at least 4 members (excludes halogenated alkanes) is 8. The van der Waals surface area contributed by atoms with Gasteiger partial charge in [-0.15, -0.1) is 11.3 Å². The lowest BCUT2D eigenvalue weighted by Gasteiger charge is -2.21. The Bertz CT molecular complexity index is 1660. The molecule has 0 aliphatic heterocycles. The molecule has 6 aromatic rings. The quantitative estimate of drug-likeness (QED) is 0.0921. The zero-order chi connectivity index (χ0) is 27.3. The Balaban J connectivity index is 1.45. The Kier molecular flexibility index (Phi) is 8.68. The van der Waals surface area contributed by atoms with Crippen molar-refractivity contribution >= 4 is 54.7 Å². The molecule has 6 rings (SSSR count). The van der Waals surface area contributed by atoms with Gasteiger partial charge in [-0.05, 0) is 51.8 Å². The third-order valence-corrected chi connectivity index (χ3v) is 9.84. The van der Waals surface area contributed by atoms with Crippen LogP contribution in [0.25, 0.3) is 54.1 Å². The lowest BCUT2D eigenvalue weighted by Crippen LogP contribution is -2.12. The van der Waals surface area contributed by atoms with Crippen molar-refractivity contribution in [3.8, 4) is 10.7 Å². The summed E-state index contributed by atoms with van der Waals surface area (Å²) in [5.41, 5.74) is 2.51. The fraction of sp³-hybridized carbons (Fsp3) is 0.432. The van der Waals surface area contributed by atoms with Crippen molar-refractivity contribution in [3.05, 3.63) is 66.0 Å². The number of nitrogens with zero attached hydrogens (tertiary/aromatic N) is 2. The van der Waals surface area contributed by atoms with Gasteiger partial charge in [-0.3, -0.25) is 0 Å². The Morgan fingerprint density at radius 2 is 1.30 bits per heavy atom. The first kappa shape index (κ1) is 27.3. The monoisotopic (exact) mass is 548 g/mol. The van der Waals surface area contributed by atoms with Crippen LogP contribution in [-0.4, -0.2) is 9.55 Å². The van der Waals surface area contributed by atoms with Crippen LogP contribution in [0.3, 0.4) is 0 Å². The molecule has 1 atom stereocenters. The second-order valence-corrected chi connectivity index (χ2v) is 12.8. The SMILES string of the molecule is CCCCCCCCC(CCCCCC)Cn1c(-c2cccs2)nc2c3cccc4ccc5cccc(c5c43)c21. The predicted molar refractivity (Wildman–Crippen MR) is 177 cm³/mol. The predicted octanol–water partition coefficient (Wildman–Crippen LogP) is 12.0. The molecule has 208 valence electrons. The van der Waals surface area contributed by atoms with Crippen LogP contribution in [0.4, 0.5) is 0 Å². The van der Waals surface area contributed by atoms with Crippen molar-refractivity contribution in [1.29, 1.82) is 0 Å². The standard InChI is InChI=1S/C37H44N2S/c1-3-5-7-9-10-12-17-27(16-11-8-6-4-2)26-39-36-31-21-14-19-29-24-23-28-18-13-20-30(33(28)34(29)31)35(36)38-37(39)32-22-15-25-40-32/h13-15,18-25,27H,3-12,16-17,26H2,1-2H3. The molecule has 0 bridgehead atoms. The molecular formula is C37H44N2S. The van der Waals surface area contributed by atoms with Crippen molar-refractivity contribution < 1.29 is 0 Å². The maximum atomic E-state index is 5.47. The van der Waals surface area contributed by atoms with Gasteiger partial charge in [0.2, 0.25) is 0 Å². The molecule has 3 heteroatoms. The lowest BCUT2D eigenvalue weighted by atomic mass is 9.92. The fourth-order valence-electron chi connectivity index (χ4n) is 6.89. The van der Waals surface area contributed by atoms with Gasteiger partial charge < -0.3 is 4.57 Å². The number of hydrogen-bond acceptors (Lipinski definition) is 2. The topological polar surface area (TPSA) is 17.8 Å². The van der Waals surface area contributed by atoms with E-state index in [-0.39, 0.29) is 0 Å². The van der Waals surface area contributed by atoms with Crippen molar-refractivity contribution in [2.45, 2.75) is 97.4 Å². The minimum absolute atomic E-state index is 0.687. The summed E-state index contributed by atoms with van der Waals surface area (Å²) >= 11 is 1.82. The summed E-state index contributed by atoms with van der Waals surface area (Å²) in [6.45, 7) is 5.69. The highest BCUT2D eigenvalue weighted by Crippen LogP contribution is 2.43. The van der Waals surface area contributed by atoms with Crippen molar-refractivity contribution in [3.63, 3.8) is 0 Å². The molecule has 40 heavy (non-hydrogen) atoms. The van der Waals surface area contributed by atoms with Gasteiger partial charge in [0, 0.05) is 17.3 Å². The summed E-state index contributed by atoms with van der Waals surface area (Å²) in [7, 11) is 0. The Labute approximate surface area is 243 Å². The highest BCUT2D eigenvalue weighted by atomic mass is 32.1. The average molecular weight is 549 g/mol. The molecule has 1 unspecified atom stereocenters. The second-order valence-electron chi connectivity index (χ2n) is 11.9. The zero-order valence-electron chi connectivity index (χ0n) is 24.4. The third-order valence-electron chi connectivity index (χ3n) is 8.98. The van der Waals surface area contributed by atoms with Crippen LogP contribution in [0, 0.1) is 5.92 Å². The van der Waals surface area contributed by atoms with Crippen LogP contribution in [-0.2, 0) is 6.54 Å². The number of benzene rings is 4. The van der Waals surface area contributed by atoms with Gasteiger partial charge in [0.05, 0.1) is 15.9 Å². The van der Waals surface area contributed by atoms with Crippen LogP contribution in [0.5, 0.6) is 0 Å². The molecule has 2 heterocycles. The lowest BCUT2D eigenvalue weighted by molar-refractivity contribution is 0.363. The van der Waals surface area contributed by atoms with E-state index in [1.54, 1.807) is 0 Å². The maximum Gasteiger partial charge on any atom is 0.151 e. The molecule has 0 saturated carbocycles. The summed E-state index contributed by atoms with van der Waals surface area (Å²) in [5.74, 6) is 1.84. The summed E-state index contributed by atoms with van der Waals surface area (Å²) in [6, 6.07) is 22.6. The zero-order valence-corrected chi connectivity index (χ0v) is 25.2. The van der Waals surface area contributed by atoms with E-state index in [1.807, 2.05) is 11.3 Å². The first-order valence-corrected chi connectivity index (χ1v) is 16.8. The molecule has 4 aromatic carbocycles. The van der Waals surface area contributed by atoms with E-state index in [1.165, 1.54) is 125 Å². The maximum absolute atomic E-state index is 5.47. The molecular weight excluding hydrogens is 504 g/mol. The van der Waals surface area contributed by atoms with E-state index in [4.69, 9.17) is 4.98 Å². The number of aromatic nitrogens is 2. The van der Waals surface area contributed by atoms with Crippen LogP contribution in [0.1, 0.15) is 90.9 Å². The van der Waals surface area contributed by atoms with Gasteiger partial charge in [-0.1, -0.05) is 133 Å². The summed E-state index contributed by atoms with van der Waals surface area (Å²) < 4.78 is 2.63. The number of thiophene rings is 1. The third kappa shape index (κ3) is 5.38. The van der Waals surface area contributed by atoms with E-state index in [0.29, 0.717) is 5.92 Å². The minimum Gasteiger partial charge on any atom is -0.322 e. The Morgan fingerprint density at radius 1 is 0.675 bits per heavy atom. The summed E-state index contributed by atoms with van der Waals surface area (Å²) in [4.78, 5) is 6.75. The molecule has 0 aliphatic rings. The Hall–Kier alpha value is -2.91. The average Bonchev–Trinajstić information content (AvgIpc) is 3.65. The number of fused-ring (bicyclic) bond motifs is 3. The van der Waals surface area contributed by atoms with Crippen LogP contribution in [0.2, 0.25) is 0 Å². The van der Waals surface area contributed by atoms with Crippen LogP contribution < -0.4 is 0 Å². The van der Waals surface area contributed by atoms with Crippen LogP contribution in [0.15, 0.2) is 66.0 Å².